The molecule has 1 N–H and O–H groups in total. The third kappa shape index (κ3) is 3.69. The van der Waals surface area contributed by atoms with Crippen molar-refractivity contribution in [2.45, 2.75) is 52.5 Å². The van der Waals surface area contributed by atoms with Gasteiger partial charge in [-0.25, -0.2) is 0 Å². The third-order valence-corrected chi connectivity index (χ3v) is 6.08. The lowest BCUT2D eigenvalue weighted by molar-refractivity contribution is -0.113. The first-order valence-corrected chi connectivity index (χ1v) is 10.7. The third-order valence-electron chi connectivity index (χ3n) is 5.80. The highest BCUT2D eigenvalue weighted by Crippen LogP contribution is 2.34. The molecule has 2 aromatic rings. The van der Waals surface area contributed by atoms with Crippen molar-refractivity contribution in [2.24, 2.45) is 0 Å². The fourth-order valence-electron chi connectivity index (χ4n) is 4.46. The van der Waals surface area contributed by atoms with E-state index in [0.717, 1.165) is 17.0 Å². The first-order chi connectivity index (χ1) is 14.0. The van der Waals surface area contributed by atoms with Gasteiger partial charge in [0.05, 0.1) is 12.3 Å². The monoisotopic (exact) mass is 409 g/mol. The molecule has 0 radical (unpaired) electrons. The average Bonchev–Trinajstić information content (AvgIpc) is 3.37. The Kier molecular flexibility index (Phi) is 5.46. The fourth-order valence-corrected chi connectivity index (χ4v) is 4.75. The van der Waals surface area contributed by atoms with E-state index in [1.54, 1.807) is 0 Å². The Hall–Kier alpha value is -2.60. The van der Waals surface area contributed by atoms with Crippen molar-refractivity contribution < 1.29 is 9.53 Å². The van der Waals surface area contributed by atoms with E-state index in [2.05, 4.69) is 29.8 Å². The van der Waals surface area contributed by atoms with Gasteiger partial charge in [-0.1, -0.05) is 12.8 Å². The van der Waals surface area contributed by atoms with Crippen LogP contribution in [0.25, 0.3) is 6.08 Å². The molecule has 2 fully saturated rings. The number of nitrogens with zero attached hydrogens (tertiary/aromatic N) is 2. The van der Waals surface area contributed by atoms with Gasteiger partial charge in [0, 0.05) is 17.4 Å². The van der Waals surface area contributed by atoms with Crippen LogP contribution in [0.1, 0.15) is 55.6 Å². The Labute approximate surface area is 177 Å². The molecule has 4 rings (SSSR count). The highest BCUT2D eigenvalue weighted by Gasteiger charge is 2.32. The topological polar surface area (TPSA) is 46.5 Å². The summed E-state index contributed by atoms with van der Waals surface area (Å²) in [6.07, 6.45) is 6.99. The number of anilines is 1. The first kappa shape index (κ1) is 19.7. The number of nitrogens with one attached hydrogen (secondary N) is 1. The number of aryl methyl sites for hydroxylation is 1. The van der Waals surface area contributed by atoms with E-state index in [-0.39, 0.29) is 5.91 Å². The lowest BCUT2D eigenvalue weighted by Gasteiger charge is -2.17. The molecule has 152 valence electrons. The van der Waals surface area contributed by atoms with Crippen LogP contribution >= 0.6 is 12.2 Å². The molecule has 1 aliphatic carbocycles. The number of thiocarbonyl (C=S) groups is 1. The van der Waals surface area contributed by atoms with Gasteiger partial charge in [-0.3, -0.25) is 9.69 Å². The molecule has 1 aliphatic heterocycles. The number of hydrogen-bond acceptors (Lipinski definition) is 3. The minimum Gasteiger partial charge on any atom is -0.494 e. The zero-order valence-electron chi connectivity index (χ0n) is 17.2. The maximum atomic E-state index is 13.1. The van der Waals surface area contributed by atoms with Crippen LogP contribution < -0.4 is 15.0 Å². The molecule has 1 aromatic heterocycles. The minimum atomic E-state index is -0.134. The van der Waals surface area contributed by atoms with Gasteiger partial charge >= 0.3 is 0 Å². The number of hydrogen-bond donors (Lipinski definition) is 1. The molecule has 2 heterocycles. The number of aromatic nitrogens is 1. The Morgan fingerprint density at radius 3 is 2.55 bits per heavy atom. The number of ether oxygens (including phenoxy) is 1. The largest absolute Gasteiger partial charge is 0.494 e. The summed E-state index contributed by atoms with van der Waals surface area (Å²) in [6.45, 7) is 6.83. The fraction of sp³-hybridized carbons (Fsp3) is 0.391. The number of carbonyl (C=O) groups is 1. The van der Waals surface area contributed by atoms with Crippen LogP contribution in [0.4, 0.5) is 5.69 Å². The van der Waals surface area contributed by atoms with Crippen LogP contribution in [0, 0.1) is 13.8 Å². The summed E-state index contributed by atoms with van der Waals surface area (Å²) in [7, 11) is 0. The van der Waals surface area contributed by atoms with Gasteiger partial charge in [0.1, 0.15) is 11.4 Å². The van der Waals surface area contributed by atoms with Crippen molar-refractivity contribution >= 4 is 35.0 Å². The van der Waals surface area contributed by atoms with Crippen molar-refractivity contribution in [2.75, 3.05) is 11.5 Å². The van der Waals surface area contributed by atoms with Crippen molar-refractivity contribution in [3.8, 4) is 5.75 Å². The van der Waals surface area contributed by atoms with Gasteiger partial charge in [-0.05, 0) is 87.8 Å². The van der Waals surface area contributed by atoms with Gasteiger partial charge in [-0.2, -0.15) is 0 Å². The van der Waals surface area contributed by atoms with E-state index in [1.165, 1.54) is 42.0 Å². The van der Waals surface area contributed by atoms with Gasteiger partial charge in [-0.15, -0.1) is 0 Å². The second-order valence-corrected chi connectivity index (χ2v) is 8.08. The lowest BCUT2D eigenvalue weighted by atomic mass is 10.2. The van der Waals surface area contributed by atoms with Crippen molar-refractivity contribution in [3.05, 3.63) is 53.0 Å². The van der Waals surface area contributed by atoms with E-state index in [1.807, 2.05) is 37.3 Å². The summed E-state index contributed by atoms with van der Waals surface area (Å²) in [5, 5.41) is 3.49. The van der Waals surface area contributed by atoms with Crippen LogP contribution in [0.3, 0.4) is 0 Å². The summed E-state index contributed by atoms with van der Waals surface area (Å²) >= 11 is 5.44. The van der Waals surface area contributed by atoms with Crippen LogP contribution in [-0.2, 0) is 4.79 Å². The molecule has 6 heteroatoms. The molecular weight excluding hydrogens is 382 g/mol. The molecule has 1 saturated heterocycles. The summed E-state index contributed by atoms with van der Waals surface area (Å²) in [6, 6.07) is 10.2. The Balaban J connectivity index is 1.60. The van der Waals surface area contributed by atoms with Crippen LogP contribution in [0.5, 0.6) is 5.75 Å². The second-order valence-electron chi connectivity index (χ2n) is 7.69. The Morgan fingerprint density at radius 1 is 1.21 bits per heavy atom. The van der Waals surface area contributed by atoms with E-state index in [4.69, 9.17) is 17.0 Å². The molecule has 5 nitrogen and oxygen atoms in total. The molecule has 1 aromatic carbocycles. The van der Waals surface area contributed by atoms with E-state index >= 15 is 0 Å². The number of carbonyl (C=O) groups excluding carboxylic acids is 1. The maximum Gasteiger partial charge on any atom is 0.281 e. The molecular formula is C23H27N3O2S. The van der Waals surface area contributed by atoms with Crippen LogP contribution in [0.15, 0.2) is 36.0 Å². The maximum absolute atomic E-state index is 13.1. The quantitative estimate of drug-likeness (QED) is 0.565. The Morgan fingerprint density at radius 2 is 1.90 bits per heavy atom. The molecule has 0 atom stereocenters. The SMILES string of the molecule is CCOc1ccc(N2C(=O)/C(=C/c3cc(C)n(C4CCCC4)c3C)NC2=S)cc1. The molecule has 0 unspecified atom stereocenters. The summed E-state index contributed by atoms with van der Waals surface area (Å²) in [5.74, 6) is 0.640. The second kappa shape index (κ2) is 8.03. The van der Waals surface area contributed by atoms with Crippen molar-refractivity contribution in [3.63, 3.8) is 0 Å². The standard InChI is InChI=1S/C23H27N3O2S/c1-4-28-20-11-9-19(10-12-20)26-22(27)21(24-23(26)29)14-17-13-15(2)25(16(17)3)18-7-5-6-8-18/h9-14,18H,4-8H2,1-3H3,(H,24,29)/b21-14-. The predicted molar refractivity (Wildman–Crippen MR) is 120 cm³/mol. The van der Waals surface area contributed by atoms with E-state index in [9.17, 15) is 4.79 Å². The Bertz CT molecular complexity index is 969. The number of benzene rings is 1. The molecule has 29 heavy (non-hydrogen) atoms. The molecule has 0 bridgehead atoms. The van der Waals surface area contributed by atoms with E-state index in [0.29, 0.717) is 23.5 Å². The summed E-state index contributed by atoms with van der Waals surface area (Å²) in [5.41, 5.74) is 4.77. The van der Waals surface area contributed by atoms with Crippen molar-refractivity contribution in [1.29, 1.82) is 0 Å². The number of amides is 1. The summed E-state index contributed by atoms with van der Waals surface area (Å²) < 4.78 is 7.91. The highest BCUT2D eigenvalue weighted by atomic mass is 32.1. The summed E-state index contributed by atoms with van der Waals surface area (Å²) in [4.78, 5) is 14.6. The first-order valence-electron chi connectivity index (χ1n) is 10.3. The number of rotatable bonds is 5. The van der Waals surface area contributed by atoms with Gasteiger partial charge < -0.3 is 14.6 Å². The van der Waals surface area contributed by atoms with Gasteiger partial charge in [0.2, 0.25) is 0 Å². The average molecular weight is 410 g/mol. The zero-order valence-corrected chi connectivity index (χ0v) is 18.0. The minimum absolute atomic E-state index is 0.134. The molecule has 2 aliphatic rings. The van der Waals surface area contributed by atoms with E-state index < -0.39 is 0 Å². The lowest BCUT2D eigenvalue weighted by Crippen LogP contribution is -2.30. The van der Waals surface area contributed by atoms with Crippen molar-refractivity contribution in [1.82, 2.24) is 9.88 Å². The predicted octanol–water partition coefficient (Wildman–Crippen LogP) is 4.88. The van der Waals surface area contributed by atoms with Crippen LogP contribution in [-0.4, -0.2) is 22.2 Å². The van der Waals surface area contributed by atoms with Crippen LogP contribution in [0.2, 0.25) is 0 Å². The highest BCUT2D eigenvalue weighted by molar-refractivity contribution is 7.80. The van der Waals surface area contributed by atoms with Gasteiger partial charge in [0.25, 0.3) is 5.91 Å². The molecule has 0 spiro atoms. The molecule has 1 saturated carbocycles. The normalized spacial score (nSPS) is 18.7. The van der Waals surface area contributed by atoms with Gasteiger partial charge in [0.15, 0.2) is 5.11 Å². The zero-order chi connectivity index (χ0) is 20.5. The smallest absolute Gasteiger partial charge is 0.281 e. The molecule has 1 amide bonds.